The first-order valence-corrected chi connectivity index (χ1v) is 7.88. The lowest BCUT2D eigenvalue weighted by Crippen LogP contribution is -2.38. The van der Waals surface area contributed by atoms with Crippen molar-refractivity contribution in [1.82, 2.24) is 14.4 Å². The number of rotatable bonds is 2. The zero-order valence-electron chi connectivity index (χ0n) is 13.5. The molecule has 0 aliphatic carbocycles. The minimum absolute atomic E-state index is 0.289. The molecule has 0 spiro atoms. The minimum atomic E-state index is 0.289. The van der Waals surface area contributed by atoms with Crippen molar-refractivity contribution in [3.05, 3.63) is 66.9 Å². The Bertz CT molecular complexity index is 1100. The van der Waals surface area contributed by atoms with Crippen LogP contribution in [0.3, 0.4) is 0 Å². The van der Waals surface area contributed by atoms with Gasteiger partial charge in [0.2, 0.25) is 5.84 Å². The third-order valence-corrected chi connectivity index (χ3v) is 4.27. The summed E-state index contributed by atoms with van der Waals surface area (Å²) < 4.78 is 2.26. The third-order valence-electron chi connectivity index (χ3n) is 4.27. The zero-order chi connectivity index (χ0) is 16.9. The summed E-state index contributed by atoms with van der Waals surface area (Å²) >= 11 is 0. The van der Waals surface area contributed by atoms with Crippen LogP contribution in [0.15, 0.2) is 76.4 Å². The molecule has 0 amide bonds. The largest absolute Gasteiger partial charge is 0.306 e. The number of hydrogen-bond acceptors (Lipinski definition) is 5. The Morgan fingerprint density at radius 1 is 1.12 bits per heavy atom. The molecule has 5 rings (SSSR count). The number of amidine groups is 2. The van der Waals surface area contributed by atoms with E-state index >= 15 is 0 Å². The van der Waals surface area contributed by atoms with Crippen LogP contribution in [0.4, 0.5) is 0 Å². The van der Waals surface area contributed by atoms with E-state index in [1.807, 2.05) is 60.4 Å². The van der Waals surface area contributed by atoms with Gasteiger partial charge in [-0.3, -0.25) is 9.98 Å². The Balaban J connectivity index is 1.58. The fourth-order valence-corrected chi connectivity index (χ4v) is 2.89. The van der Waals surface area contributed by atoms with E-state index < -0.39 is 0 Å². The number of aliphatic imine (C=N–C) groups is 2. The van der Waals surface area contributed by atoms with Crippen molar-refractivity contribution in [3.63, 3.8) is 0 Å². The maximum absolute atomic E-state index is 4.71. The average Bonchev–Trinajstić information content (AvgIpc) is 3.22. The Hall–Kier alpha value is -3.45. The zero-order valence-corrected chi connectivity index (χ0v) is 13.5. The highest BCUT2D eigenvalue weighted by molar-refractivity contribution is 6.31. The number of quaternary nitrogens is 1. The van der Waals surface area contributed by atoms with Crippen molar-refractivity contribution in [3.8, 4) is 11.4 Å². The van der Waals surface area contributed by atoms with Gasteiger partial charge in [0.05, 0.1) is 11.9 Å². The van der Waals surface area contributed by atoms with Gasteiger partial charge in [-0.2, -0.15) is 4.99 Å². The van der Waals surface area contributed by atoms with Gasteiger partial charge in [-0.1, -0.05) is 6.07 Å². The van der Waals surface area contributed by atoms with E-state index in [1.165, 1.54) is 0 Å². The molecule has 0 N–H and O–H groups in total. The summed E-state index contributed by atoms with van der Waals surface area (Å²) in [5.41, 5.74) is 3.44. The molecule has 25 heavy (non-hydrogen) atoms. The van der Waals surface area contributed by atoms with Crippen molar-refractivity contribution in [1.29, 1.82) is 0 Å². The van der Waals surface area contributed by atoms with E-state index in [-0.39, 0.29) is 4.59 Å². The summed E-state index contributed by atoms with van der Waals surface area (Å²) in [4.78, 5) is 17.8. The van der Waals surface area contributed by atoms with E-state index in [9.17, 15) is 0 Å². The van der Waals surface area contributed by atoms with Gasteiger partial charge in [0, 0.05) is 24.2 Å². The van der Waals surface area contributed by atoms with Gasteiger partial charge in [0.25, 0.3) is 5.84 Å². The molecule has 2 aliphatic rings. The van der Waals surface area contributed by atoms with Crippen LogP contribution in [-0.4, -0.2) is 43.9 Å². The lowest BCUT2D eigenvalue weighted by Gasteiger charge is -2.18. The Morgan fingerprint density at radius 3 is 2.92 bits per heavy atom. The second-order valence-corrected chi connectivity index (χ2v) is 6.02. The first-order valence-electron chi connectivity index (χ1n) is 7.88. The van der Waals surface area contributed by atoms with Gasteiger partial charge < -0.3 is 4.40 Å². The molecule has 1 unspecified atom stereocenters. The number of pyridine rings is 2. The molecule has 7 nitrogen and oxygen atoms in total. The van der Waals surface area contributed by atoms with Crippen molar-refractivity contribution >= 4 is 23.5 Å². The lowest BCUT2D eigenvalue weighted by atomic mass is 10.2. The minimum Gasteiger partial charge on any atom is -0.306 e. The molecule has 120 valence electrons. The van der Waals surface area contributed by atoms with Crippen LogP contribution in [0.1, 0.15) is 5.56 Å². The first kappa shape index (κ1) is 13.9. The van der Waals surface area contributed by atoms with Gasteiger partial charge in [-0.25, -0.2) is 4.98 Å². The average molecular weight is 328 g/mol. The molecule has 0 fully saturated rings. The number of fused-ring (bicyclic) bond motifs is 2. The Morgan fingerprint density at radius 2 is 2.08 bits per heavy atom. The standard InChI is InChI=1S/C18H14N7/c1-25-9-7-19-11-17(25)22-18(23-25)13-5-8-24-12-15(21-16(24)10-13)14-4-2-3-6-20-14/h2-12H,1H3/q+1. The number of hydrogen-bond donors (Lipinski definition) is 0. The van der Waals surface area contributed by atoms with Crippen LogP contribution in [0.25, 0.3) is 17.0 Å². The van der Waals surface area contributed by atoms with Gasteiger partial charge in [-0.15, -0.1) is 4.59 Å². The van der Waals surface area contributed by atoms with Crippen molar-refractivity contribution in [2.24, 2.45) is 15.1 Å². The van der Waals surface area contributed by atoms with Crippen LogP contribution in [0.5, 0.6) is 0 Å². The third kappa shape index (κ3) is 2.21. The number of imidazole rings is 1. The molecule has 0 radical (unpaired) electrons. The van der Waals surface area contributed by atoms with Crippen LogP contribution < -0.4 is 0 Å². The summed E-state index contributed by atoms with van der Waals surface area (Å²) in [6.45, 7) is 0. The van der Waals surface area contributed by atoms with E-state index in [4.69, 9.17) is 5.10 Å². The van der Waals surface area contributed by atoms with Crippen molar-refractivity contribution in [2.75, 3.05) is 7.05 Å². The molecule has 0 bridgehead atoms. The molecular weight excluding hydrogens is 314 g/mol. The van der Waals surface area contributed by atoms with E-state index in [2.05, 4.69) is 20.0 Å². The first-order chi connectivity index (χ1) is 12.2. The second kappa shape index (κ2) is 5.02. The van der Waals surface area contributed by atoms with Crippen molar-refractivity contribution < 1.29 is 4.59 Å². The normalized spacial score (nSPS) is 21.3. The molecule has 3 aromatic rings. The summed E-state index contributed by atoms with van der Waals surface area (Å²) in [7, 11) is 1.97. The van der Waals surface area contributed by atoms with E-state index in [0.29, 0.717) is 5.84 Å². The quantitative estimate of drug-likeness (QED) is 0.678. The molecule has 0 saturated carbocycles. The van der Waals surface area contributed by atoms with Gasteiger partial charge in [-0.05, 0) is 29.4 Å². The Labute approximate surface area is 143 Å². The summed E-state index contributed by atoms with van der Waals surface area (Å²) in [5, 5.41) is 4.71. The van der Waals surface area contributed by atoms with Crippen molar-refractivity contribution in [2.45, 2.75) is 0 Å². The maximum Gasteiger partial charge on any atom is 0.279 e. The van der Waals surface area contributed by atoms with Crippen LogP contribution in [0, 0.1) is 0 Å². The summed E-state index contributed by atoms with van der Waals surface area (Å²) in [6, 6.07) is 9.78. The van der Waals surface area contributed by atoms with Gasteiger partial charge in [0.1, 0.15) is 30.8 Å². The summed E-state index contributed by atoms with van der Waals surface area (Å²) in [6.07, 6.45) is 11.1. The van der Waals surface area contributed by atoms with Gasteiger partial charge in [0.15, 0.2) is 0 Å². The molecule has 1 atom stereocenters. The highest BCUT2D eigenvalue weighted by Gasteiger charge is 2.35. The Kier molecular flexibility index (Phi) is 2.80. The molecule has 0 saturated heterocycles. The molecule has 5 heterocycles. The predicted molar refractivity (Wildman–Crippen MR) is 96.2 cm³/mol. The fourth-order valence-electron chi connectivity index (χ4n) is 2.89. The number of nitrogens with zero attached hydrogens (tertiary/aromatic N) is 7. The monoisotopic (exact) mass is 328 g/mol. The maximum atomic E-state index is 4.71. The lowest BCUT2D eigenvalue weighted by molar-refractivity contribution is -0.767. The fraction of sp³-hybridized carbons (Fsp3) is 0.0556. The molecule has 2 aliphatic heterocycles. The SMILES string of the molecule is C[N+]12C=CN=CC1=NC(c1ccn3cc(-c4ccccn4)nc3c1)=N2. The van der Waals surface area contributed by atoms with Gasteiger partial charge >= 0.3 is 0 Å². The highest BCUT2D eigenvalue weighted by Crippen LogP contribution is 2.22. The van der Waals surface area contributed by atoms with Crippen LogP contribution >= 0.6 is 0 Å². The molecule has 3 aromatic heterocycles. The van der Waals surface area contributed by atoms with E-state index in [0.717, 1.165) is 28.4 Å². The predicted octanol–water partition coefficient (Wildman–Crippen LogP) is 2.47. The number of aromatic nitrogens is 3. The topological polar surface area (TPSA) is 67.3 Å². The van der Waals surface area contributed by atoms with Crippen LogP contribution in [0.2, 0.25) is 0 Å². The summed E-state index contributed by atoms with van der Waals surface area (Å²) in [5.74, 6) is 1.48. The molecular formula is C18H14N7+. The second-order valence-electron chi connectivity index (χ2n) is 6.02. The molecule has 7 heteroatoms. The smallest absolute Gasteiger partial charge is 0.279 e. The van der Waals surface area contributed by atoms with Crippen LogP contribution in [-0.2, 0) is 0 Å². The molecule has 0 aromatic carbocycles. The highest BCUT2D eigenvalue weighted by atomic mass is 15.7. The van der Waals surface area contributed by atoms with E-state index in [1.54, 1.807) is 18.6 Å².